The Kier molecular flexibility index (Phi) is 6.54. The smallest absolute Gasteiger partial charge is 0.112 e. The van der Waals surface area contributed by atoms with Crippen molar-refractivity contribution in [3.8, 4) is 0 Å². The lowest BCUT2D eigenvalue weighted by Crippen LogP contribution is -2.25. The summed E-state index contributed by atoms with van der Waals surface area (Å²) in [6.45, 7) is 0. The zero-order valence-electron chi connectivity index (χ0n) is 18.0. The minimum absolute atomic E-state index is 0.0383. The zero-order valence-corrected chi connectivity index (χ0v) is 21.2. The van der Waals surface area contributed by atoms with E-state index in [1.807, 2.05) is 24.3 Å². The van der Waals surface area contributed by atoms with Crippen LogP contribution >= 0.6 is 31.9 Å². The summed E-state index contributed by atoms with van der Waals surface area (Å²) >= 11 is 6.95. The Labute approximate surface area is 206 Å². The number of halogens is 3. The lowest BCUT2D eigenvalue weighted by molar-refractivity contribution is 0.0921. The van der Waals surface area contributed by atoms with Gasteiger partial charge < -0.3 is 14.6 Å². The van der Waals surface area contributed by atoms with Crippen LogP contribution in [0.2, 0.25) is 0 Å². The standard InChI is InChI=1S/C13H14BrFO.C13H15BrO2/c2*14-10-3-1-2-9(8-10)12-13(16-12)6-4-11(15)5-7-13/h1-3,8,11-12H,4-7H2;1-3,8,11-12,15H,4-7H2. The number of alkyl halides is 1. The van der Waals surface area contributed by atoms with E-state index in [-0.39, 0.29) is 29.5 Å². The predicted octanol–water partition coefficient (Wildman–Crippen LogP) is 7.37. The molecule has 172 valence electrons. The first-order valence-corrected chi connectivity index (χ1v) is 13.2. The molecule has 2 saturated heterocycles. The lowest BCUT2D eigenvalue weighted by atomic mass is 9.83. The van der Waals surface area contributed by atoms with Gasteiger partial charge in [-0.15, -0.1) is 0 Å². The highest BCUT2D eigenvalue weighted by Gasteiger charge is 2.58. The van der Waals surface area contributed by atoms with Crippen molar-refractivity contribution in [2.24, 2.45) is 0 Å². The van der Waals surface area contributed by atoms with Gasteiger partial charge in [0, 0.05) is 8.95 Å². The number of ether oxygens (including phenoxy) is 2. The van der Waals surface area contributed by atoms with E-state index in [4.69, 9.17) is 9.47 Å². The fourth-order valence-corrected chi connectivity index (χ4v) is 6.24. The van der Waals surface area contributed by atoms with Crippen LogP contribution in [0.3, 0.4) is 0 Å². The quantitative estimate of drug-likeness (QED) is 0.385. The number of epoxide rings is 2. The molecule has 0 bridgehead atoms. The molecule has 2 atom stereocenters. The molecule has 2 aliphatic heterocycles. The molecule has 2 heterocycles. The third-order valence-corrected chi connectivity index (χ3v) is 8.40. The molecule has 32 heavy (non-hydrogen) atoms. The van der Waals surface area contributed by atoms with Crippen LogP contribution in [-0.4, -0.2) is 28.6 Å². The van der Waals surface area contributed by atoms with Gasteiger partial charge in [0.25, 0.3) is 0 Å². The van der Waals surface area contributed by atoms with Crippen molar-refractivity contribution >= 4 is 31.9 Å². The van der Waals surface area contributed by atoms with Crippen molar-refractivity contribution in [2.45, 2.75) is 87.1 Å². The number of aliphatic hydroxyl groups is 1. The summed E-state index contributed by atoms with van der Waals surface area (Å²) in [4.78, 5) is 0. The van der Waals surface area contributed by atoms with Crippen molar-refractivity contribution < 1.29 is 19.0 Å². The number of aliphatic hydroxyl groups excluding tert-OH is 1. The number of rotatable bonds is 2. The van der Waals surface area contributed by atoms with Gasteiger partial charge in [-0.1, -0.05) is 56.1 Å². The highest BCUT2D eigenvalue weighted by molar-refractivity contribution is 9.10. The van der Waals surface area contributed by atoms with Crippen LogP contribution in [0, 0.1) is 0 Å². The molecule has 2 saturated carbocycles. The molecule has 4 fully saturated rings. The van der Waals surface area contributed by atoms with Crippen LogP contribution in [0.1, 0.15) is 74.7 Å². The van der Waals surface area contributed by atoms with Gasteiger partial charge in [0.2, 0.25) is 0 Å². The van der Waals surface area contributed by atoms with E-state index in [0.29, 0.717) is 12.8 Å². The summed E-state index contributed by atoms with van der Waals surface area (Å²) in [7, 11) is 0. The van der Waals surface area contributed by atoms with Gasteiger partial charge in [0.05, 0.1) is 17.3 Å². The van der Waals surface area contributed by atoms with Crippen molar-refractivity contribution in [3.05, 3.63) is 68.6 Å². The van der Waals surface area contributed by atoms with Gasteiger partial charge in [0.1, 0.15) is 18.4 Å². The topological polar surface area (TPSA) is 45.3 Å². The van der Waals surface area contributed by atoms with Crippen LogP contribution < -0.4 is 0 Å². The second-order valence-electron chi connectivity index (χ2n) is 9.64. The minimum Gasteiger partial charge on any atom is -0.393 e. The number of hydrogen-bond acceptors (Lipinski definition) is 3. The first-order chi connectivity index (χ1) is 15.4. The van der Waals surface area contributed by atoms with Crippen LogP contribution in [0.25, 0.3) is 0 Å². The predicted molar refractivity (Wildman–Crippen MR) is 129 cm³/mol. The minimum atomic E-state index is -0.613. The molecule has 2 aromatic carbocycles. The maximum Gasteiger partial charge on any atom is 0.112 e. The van der Waals surface area contributed by atoms with E-state index in [1.165, 1.54) is 11.1 Å². The van der Waals surface area contributed by atoms with Crippen LogP contribution in [0.15, 0.2) is 57.5 Å². The summed E-state index contributed by atoms with van der Waals surface area (Å²) in [5.41, 5.74) is 2.47. The summed E-state index contributed by atoms with van der Waals surface area (Å²) in [6, 6.07) is 16.6. The largest absolute Gasteiger partial charge is 0.393 e. The third-order valence-electron chi connectivity index (χ3n) is 7.41. The van der Waals surface area contributed by atoms with Gasteiger partial charge >= 0.3 is 0 Å². The molecule has 2 aromatic rings. The molecular formula is C26H29Br2FO3. The van der Waals surface area contributed by atoms with E-state index >= 15 is 0 Å². The molecule has 4 aliphatic rings. The summed E-state index contributed by atoms with van der Waals surface area (Å²) in [5, 5.41) is 9.51. The van der Waals surface area contributed by atoms with Crippen LogP contribution in [0.4, 0.5) is 4.39 Å². The van der Waals surface area contributed by atoms with E-state index in [2.05, 4.69) is 56.1 Å². The second-order valence-corrected chi connectivity index (χ2v) is 11.5. The Morgan fingerprint density at radius 3 is 1.62 bits per heavy atom. The molecule has 0 amide bonds. The molecule has 0 radical (unpaired) electrons. The van der Waals surface area contributed by atoms with Crippen LogP contribution in [0.5, 0.6) is 0 Å². The molecule has 0 aromatic heterocycles. The molecule has 3 nitrogen and oxygen atoms in total. The summed E-state index contributed by atoms with van der Waals surface area (Å²) in [5.74, 6) is 0. The molecule has 1 N–H and O–H groups in total. The maximum atomic E-state index is 13.1. The van der Waals surface area contributed by atoms with Crippen molar-refractivity contribution in [3.63, 3.8) is 0 Å². The second kappa shape index (κ2) is 9.10. The Balaban J connectivity index is 0.000000135. The fourth-order valence-electron chi connectivity index (χ4n) is 5.41. The summed E-state index contributed by atoms with van der Waals surface area (Å²) in [6.07, 6.45) is 6.50. The first-order valence-electron chi connectivity index (χ1n) is 11.6. The Morgan fingerprint density at radius 1 is 0.750 bits per heavy atom. The Morgan fingerprint density at radius 2 is 1.19 bits per heavy atom. The molecular weight excluding hydrogens is 539 g/mol. The monoisotopic (exact) mass is 566 g/mol. The zero-order chi connectivity index (χ0) is 22.3. The molecule has 2 aliphatic carbocycles. The number of hydrogen-bond donors (Lipinski definition) is 1. The fraction of sp³-hybridized carbons (Fsp3) is 0.538. The van der Waals surface area contributed by atoms with E-state index in [0.717, 1.165) is 47.5 Å². The average molecular weight is 568 g/mol. The highest BCUT2D eigenvalue weighted by atomic mass is 79.9. The summed E-state index contributed by atoms with van der Waals surface area (Å²) < 4.78 is 27.0. The van der Waals surface area contributed by atoms with Crippen molar-refractivity contribution in [2.75, 3.05) is 0 Å². The van der Waals surface area contributed by atoms with Crippen molar-refractivity contribution in [1.29, 1.82) is 0 Å². The molecule has 6 heteroatoms. The van der Waals surface area contributed by atoms with E-state index < -0.39 is 6.17 Å². The third kappa shape index (κ3) is 4.85. The lowest BCUT2D eigenvalue weighted by Gasteiger charge is -2.23. The normalized spacial score (nSPS) is 37.6. The van der Waals surface area contributed by atoms with Gasteiger partial charge in [-0.05, 0) is 86.8 Å². The Hall–Kier alpha value is -0.790. The molecule has 2 unspecified atom stereocenters. The number of benzene rings is 2. The van der Waals surface area contributed by atoms with Crippen LogP contribution in [-0.2, 0) is 9.47 Å². The van der Waals surface area contributed by atoms with E-state index in [9.17, 15) is 9.50 Å². The maximum absolute atomic E-state index is 13.1. The highest BCUT2D eigenvalue weighted by Crippen LogP contribution is 2.58. The van der Waals surface area contributed by atoms with Gasteiger partial charge in [-0.2, -0.15) is 0 Å². The van der Waals surface area contributed by atoms with Crippen molar-refractivity contribution in [1.82, 2.24) is 0 Å². The molecule has 2 spiro atoms. The Bertz CT molecular complexity index is 874. The van der Waals surface area contributed by atoms with Gasteiger partial charge in [0.15, 0.2) is 0 Å². The molecule has 6 rings (SSSR count). The average Bonchev–Trinajstić information content (AvgIpc) is 3.69. The van der Waals surface area contributed by atoms with E-state index in [1.54, 1.807) is 0 Å². The SMILES string of the molecule is FC1CCC2(CC1)OC2c1cccc(Br)c1.OC1CCC2(CC1)OC2c1cccc(Br)c1. The van der Waals surface area contributed by atoms with Gasteiger partial charge in [-0.25, -0.2) is 4.39 Å². The first kappa shape index (κ1) is 23.0. The van der Waals surface area contributed by atoms with Gasteiger partial charge in [-0.3, -0.25) is 0 Å².